The van der Waals surface area contributed by atoms with Crippen molar-refractivity contribution >= 4 is 5.91 Å². The normalized spacial score (nSPS) is 8.00. The second-order valence-corrected chi connectivity index (χ2v) is 1.36. The molecule has 4 nitrogen and oxygen atoms in total. The molecule has 0 spiro atoms. The maximum Gasteiger partial charge on any atom is 0.322 e. The fourth-order valence-corrected chi connectivity index (χ4v) is 0.306. The topological polar surface area (TPSA) is 62.1 Å². The van der Waals surface area contributed by atoms with Crippen molar-refractivity contribution in [3.05, 3.63) is 0 Å². The first-order valence-corrected chi connectivity index (χ1v) is 2.48. The summed E-state index contributed by atoms with van der Waals surface area (Å²) >= 11 is 0. The van der Waals surface area contributed by atoms with Gasteiger partial charge in [0.05, 0.1) is 6.61 Å². The zero-order chi connectivity index (χ0) is 7.11. The van der Waals surface area contributed by atoms with Gasteiger partial charge >= 0.3 is 5.91 Å². The molecule has 0 unspecified atom stereocenters. The number of nitriles is 1. The van der Waals surface area contributed by atoms with E-state index in [1.54, 1.807) is 0 Å². The Morgan fingerprint density at radius 2 is 2.56 bits per heavy atom. The summed E-state index contributed by atoms with van der Waals surface area (Å²) in [7, 11) is 1.53. The monoisotopic (exact) mass is 128 g/mol. The number of hydrogen-bond donors (Lipinski definition) is 1. The first kappa shape index (κ1) is 7.92. The van der Waals surface area contributed by atoms with Gasteiger partial charge in [0.2, 0.25) is 0 Å². The first-order valence-electron chi connectivity index (χ1n) is 2.48. The highest BCUT2D eigenvalue weighted by Crippen LogP contribution is 1.63. The lowest BCUT2D eigenvalue weighted by Crippen LogP contribution is -2.25. The molecule has 0 atom stereocenters. The van der Waals surface area contributed by atoms with E-state index < -0.39 is 5.91 Å². The van der Waals surface area contributed by atoms with Crippen molar-refractivity contribution in [3.8, 4) is 6.07 Å². The Morgan fingerprint density at radius 3 is 3.00 bits per heavy atom. The van der Waals surface area contributed by atoms with Gasteiger partial charge in [-0.25, -0.2) is 0 Å². The van der Waals surface area contributed by atoms with Crippen molar-refractivity contribution in [1.29, 1.82) is 5.26 Å². The van der Waals surface area contributed by atoms with Crippen LogP contribution in [0.5, 0.6) is 0 Å². The smallest absolute Gasteiger partial charge is 0.322 e. The zero-order valence-electron chi connectivity index (χ0n) is 5.18. The molecule has 4 heteroatoms. The summed E-state index contributed by atoms with van der Waals surface area (Å²) in [6, 6.07) is 1.42. The van der Waals surface area contributed by atoms with Crippen LogP contribution < -0.4 is 5.32 Å². The third kappa shape index (κ3) is 4.78. The number of carbonyl (C=O) groups is 1. The van der Waals surface area contributed by atoms with Gasteiger partial charge in [-0.2, -0.15) is 5.26 Å². The van der Waals surface area contributed by atoms with Gasteiger partial charge in [0, 0.05) is 13.7 Å². The summed E-state index contributed by atoms with van der Waals surface area (Å²) in [5.74, 6) is -0.618. The Hall–Kier alpha value is -1.08. The van der Waals surface area contributed by atoms with Crippen molar-refractivity contribution in [2.75, 3.05) is 20.3 Å². The predicted molar refractivity (Wildman–Crippen MR) is 30.5 cm³/mol. The van der Waals surface area contributed by atoms with Gasteiger partial charge in [0.15, 0.2) is 6.07 Å². The molecule has 0 rings (SSSR count). The van der Waals surface area contributed by atoms with Crippen molar-refractivity contribution in [3.63, 3.8) is 0 Å². The molecule has 0 aromatic rings. The van der Waals surface area contributed by atoms with E-state index in [4.69, 9.17) is 5.26 Å². The molecule has 0 aromatic heterocycles. The molecule has 0 radical (unpaired) electrons. The zero-order valence-corrected chi connectivity index (χ0v) is 5.18. The summed E-state index contributed by atoms with van der Waals surface area (Å²) in [6.45, 7) is 0.830. The lowest BCUT2D eigenvalue weighted by molar-refractivity contribution is -0.116. The third-order valence-electron chi connectivity index (χ3n) is 0.693. The van der Waals surface area contributed by atoms with Crippen LogP contribution in [0, 0.1) is 11.3 Å². The molecule has 0 bridgehead atoms. The number of hydrogen-bond acceptors (Lipinski definition) is 3. The largest absolute Gasteiger partial charge is 0.383 e. The Labute approximate surface area is 53.4 Å². The Bertz CT molecular complexity index is 127. The highest BCUT2D eigenvalue weighted by Gasteiger charge is 1.92. The Balaban J connectivity index is 3.10. The minimum Gasteiger partial charge on any atom is -0.383 e. The SMILES string of the molecule is COCCNC(=O)C#N. The van der Waals surface area contributed by atoms with Crippen molar-refractivity contribution in [2.45, 2.75) is 0 Å². The molecule has 0 aliphatic carbocycles. The summed E-state index contributed by atoms with van der Waals surface area (Å²) in [4.78, 5) is 10.2. The average Bonchev–Trinajstić information content (AvgIpc) is 1.89. The summed E-state index contributed by atoms with van der Waals surface area (Å²) in [6.07, 6.45) is 0. The van der Waals surface area contributed by atoms with Gasteiger partial charge in [0.25, 0.3) is 0 Å². The molecule has 9 heavy (non-hydrogen) atoms. The van der Waals surface area contributed by atoms with Crippen LogP contribution in [-0.2, 0) is 9.53 Å². The molecule has 1 N–H and O–H groups in total. The van der Waals surface area contributed by atoms with Crippen LogP contribution in [0.1, 0.15) is 0 Å². The summed E-state index contributed by atoms with van der Waals surface area (Å²) in [5, 5.41) is 10.2. The van der Waals surface area contributed by atoms with Gasteiger partial charge in [0.1, 0.15) is 0 Å². The van der Waals surface area contributed by atoms with Crippen molar-refractivity contribution < 1.29 is 9.53 Å². The molecule has 0 saturated heterocycles. The molecule has 0 aliphatic rings. The van der Waals surface area contributed by atoms with E-state index in [0.29, 0.717) is 13.2 Å². The van der Waals surface area contributed by atoms with Crippen LogP contribution in [0.25, 0.3) is 0 Å². The molecule has 50 valence electrons. The van der Waals surface area contributed by atoms with E-state index in [9.17, 15) is 4.79 Å². The fraction of sp³-hybridized carbons (Fsp3) is 0.600. The number of ether oxygens (including phenoxy) is 1. The highest BCUT2D eigenvalue weighted by atomic mass is 16.5. The van der Waals surface area contributed by atoms with Crippen LogP contribution in [-0.4, -0.2) is 26.2 Å². The van der Waals surface area contributed by atoms with Crippen molar-refractivity contribution in [2.24, 2.45) is 0 Å². The van der Waals surface area contributed by atoms with Crippen LogP contribution in [0.2, 0.25) is 0 Å². The number of nitrogens with zero attached hydrogens (tertiary/aromatic N) is 1. The average molecular weight is 128 g/mol. The van der Waals surface area contributed by atoms with E-state index in [1.807, 2.05) is 0 Å². The molecular formula is C5H8N2O2. The molecule has 0 saturated carbocycles. The fourth-order valence-electron chi connectivity index (χ4n) is 0.306. The maximum atomic E-state index is 10.2. The second-order valence-electron chi connectivity index (χ2n) is 1.36. The molecule has 0 aliphatic heterocycles. The van der Waals surface area contributed by atoms with Gasteiger partial charge in [-0.05, 0) is 0 Å². The number of carbonyl (C=O) groups excluding carboxylic acids is 1. The third-order valence-corrected chi connectivity index (χ3v) is 0.693. The van der Waals surface area contributed by atoms with Gasteiger partial charge in [-0.1, -0.05) is 0 Å². The van der Waals surface area contributed by atoms with Crippen LogP contribution >= 0.6 is 0 Å². The second kappa shape index (κ2) is 5.06. The first-order chi connectivity index (χ1) is 4.31. The maximum absolute atomic E-state index is 10.2. The van der Waals surface area contributed by atoms with E-state index in [-0.39, 0.29) is 0 Å². The lowest BCUT2D eigenvalue weighted by Gasteiger charge is -1.95. The number of nitrogens with one attached hydrogen (secondary N) is 1. The number of amides is 1. The molecule has 1 amide bonds. The minimum atomic E-state index is -0.618. The quantitative estimate of drug-likeness (QED) is 0.402. The molecule has 0 fully saturated rings. The van der Waals surface area contributed by atoms with E-state index in [0.717, 1.165) is 0 Å². The highest BCUT2D eigenvalue weighted by molar-refractivity contribution is 5.91. The molecule has 0 heterocycles. The molecular weight excluding hydrogens is 120 g/mol. The summed E-state index contributed by atoms with van der Waals surface area (Å²) < 4.78 is 4.61. The van der Waals surface area contributed by atoms with E-state index in [1.165, 1.54) is 13.2 Å². The number of rotatable bonds is 3. The van der Waals surface area contributed by atoms with E-state index >= 15 is 0 Å². The van der Waals surface area contributed by atoms with Gasteiger partial charge in [-0.15, -0.1) is 0 Å². The van der Waals surface area contributed by atoms with Crippen LogP contribution in [0.3, 0.4) is 0 Å². The van der Waals surface area contributed by atoms with Crippen LogP contribution in [0.15, 0.2) is 0 Å². The summed E-state index contributed by atoms with van der Waals surface area (Å²) in [5.41, 5.74) is 0. The Morgan fingerprint density at radius 1 is 1.89 bits per heavy atom. The van der Waals surface area contributed by atoms with Gasteiger partial charge < -0.3 is 10.1 Å². The predicted octanol–water partition coefficient (Wildman–Crippen LogP) is -0.727. The van der Waals surface area contributed by atoms with E-state index in [2.05, 4.69) is 10.1 Å². The minimum absolute atomic E-state index is 0.392. The van der Waals surface area contributed by atoms with Crippen LogP contribution in [0.4, 0.5) is 0 Å². The Kier molecular flexibility index (Phi) is 4.46. The molecule has 0 aromatic carbocycles. The lowest BCUT2D eigenvalue weighted by atomic mass is 10.6. The van der Waals surface area contributed by atoms with Gasteiger partial charge in [-0.3, -0.25) is 4.79 Å². The number of methoxy groups -OCH3 is 1. The van der Waals surface area contributed by atoms with Crippen molar-refractivity contribution in [1.82, 2.24) is 5.32 Å². The standard InChI is InChI=1S/C5H8N2O2/c1-9-3-2-7-5(8)4-6/h2-3H2,1H3,(H,7,8).